The summed E-state index contributed by atoms with van der Waals surface area (Å²) >= 11 is 0. The molecule has 0 aromatic carbocycles. The number of phosphoric ester groups is 1. The van der Waals surface area contributed by atoms with E-state index in [4.69, 9.17) is 30.5 Å². The molecule has 0 saturated carbocycles. The molecule has 1 aliphatic heterocycles. The first-order valence-electron chi connectivity index (χ1n) is 10.1. The van der Waals surface area contributed by atoms with Crippen LogP contribution in [0.5, 0.6) is 0 Å². The minimum absolute atomic E-state index is 0.0250. The van der Waals surface area contributed by atoms with E-state index in [1.807, 2.05) is 0 Å². The molecule has 0 amide bonds. The Kier molecular flexibility index (Phi) is 9.45. The fourth-order valence-electron chi connectivity index (χ4n) is 3.18. The summed E-state index contributed by atoms with van der Waals surface area (Å²) in [6, 6.07) is 1.26. The van der Waals surface area contributed by atoms with Crippen molar-refractivity contribution in [1.82, 2.24) is 19.5 Å². The zero-order valence-corrected chi connectivity index (χ0v) is 21.7. The Morgan fingerprint density at radius 1 is 1.28 bits per heavy atom. The minimum atomic E-state index is -5.79. The van der Waals surface area contributed by atoms with Crippen LogP contribution in [0, 0.1) is 0 Å². The highest BCUT2D eigenvalue weighted by Gasteiger charge is 2.44. The van der Waals surface area contributed by atoms with Gasteiger partial charge in [-0.05, 0) is 11.6 Å². The van der Waals surface area contributed by atoms with Crippen LogP contribution in [0.1, 0.15) is 28.8 Å². The van der Waals surface area contributed by atoms with Gasteiger partial charge in [0.05, 0.1) is 25.2 Å². The number of H-pyrrole nitrogens is 1. The van der Waals surface area contributed by atoms with Gasteiger partial charge in [0.15, 0.2) is 0 Å². The molecule has 214 valence electrons. The molecule has 3 unspecified atom stereocenters. The monoisotopic (exact) mass is 616 g/mol. The van der Waals surface area contributed by atoms with Crippen LogP contribution in [0.4, 0.5) is 5.82 Å². The second kappa shape index (κ2) is 12.1. The number of ether oxygens (including phenoxy) is 2. The van der Waals surface area contributed by atoms with Crippen molar-refractivity contribution in [1.29, 1.82) is 0 Å². The van der Waals surface area contributed by atoms with E-state index in [1.165, 1.54) is 12.3 Å². The van der Waals surface area contributed by atoms with E-state index in [2.05, 4.69) is 38.1 Å². The van der Waals surface area contributed by atoms with Crippen LogP contribution in [-0.4, -0.2) is 63.9 Å². The van der Waals surface area contributed by atoms with Crippen LogP contribution in [0.3, 0.4) is 0 Å². The third-order valence-electron chi connectivity index (χ3n) is 4.62. The van der Waals surface area contributed by atoms with Gasteiger partial charge in [0, 0.05) is 17.5 Å². The maximum atomic E-state index is 12.8. The van der Waals surface area contributed by atoms with Gasteiger partial charge in [-0.2, -0.15) is 13.6 Å². The Bertz CT molecular complexity index is 1470. The molecule has 1 fully saturated rings. The van der Waals surface area contributed by atoms with E-state index in [0.717, 1.165) is 10.9 Å². The van der Waals surface area contributed by atoms with E-state index in [-0.39, 0.29) is 30.2 Å². The van der Waals surface area contributed by atoms with Crippen LogP contribution in [0.15, 0.2) is 28.5 Å². The van der Waals surface area contributed by atoms with Crippen molar-refractivity contribution in [3.05, 3.63) is 50.9 Å². The quantitative estimate of drug-likeness (QED) is 0.0610. The van der Waals surface area contributed by atoms with Gasteiger partial charge in [-0.1, -0.05) is 5.11 Å². The summed E-state index contributed by atoms with van der Waals surface area (Å²) in [6.45, 7) is -1.29. The fraction of sp³-hybridized carbons (Fsp3) is 0.429. The average molecular weight is 616 g/mol. The highest BCUT2D eigenvalue weighted by molar-refractivity contribution is 7.66. The van der Waals surface area contributed by atoms with E-state index in [0.29, 0.717) is 0 Å². The van der Waals surface area contributed by atoms with E-state index in [9.17, 15) is 33.1 Å². The third kappa shape index (κ3) is 8.77. The number of imidazole rings is 1. The first kappa shape index (κ1) is 30.6. The van der Waals surface area contributed by atoms with E-state index < -0.39 is 60.2 Å². The first-order chi connectivity index (χ1) is 18.1. The van der Waals surface area contributed by atoms with Gasteiger partial charge < -0.3 is 39.8 Å². The van der Waals surface area contributed by atoms with Gasteiger partial charge in [-0.3, -0.25) is 9.09 Å². The molecular formula is C14H19N8O14P3. The molecule has 2 aromatic rings. The highest BCUT2D eigenvalue weighted by atomic mass is 31.3. The predicted molar refractivity (Wildman–Crippen MR) is 122 cm³/mol. The Labute approximate surface area is 215 Å². The number of nitrogens with zero attached hydrogens (tertiary/aromatic N) is 6. The second-order valence-corrected chi connectivity index (χ2v) is 11.8. The number of carbonyl (C=O) groups excluding carboxylic acids is 1. The molecule has 5 atom stereocenters. The predicted octanol–water partition coefficient (Wildman–Crippen LogP) is 0.215. The molecule has 39 heavy (non-hydrogen) atoms. The molecule has 2 aromatic heterocycles. The summed E-state index contributed by atoms with van der Waals surface area (Å²) in [4.78, 5) is 73.7. The van der Waals surface area contributed by atoms with Crippen molar-refractivity contribution in [3.63, 3.8) is 0 Å². The summed E-state index contributed by atoms with van der Waals surface area (Å²) in [5.74, 6) is -1.13. The fourth-order valence-corrected chi connectivity index (χ4v) is 6.21. The molecule has 0 bridgehead atoms. The SMILES string of the molecule is [N-]=[N+]=NCc1nc[nH]c1C(=O)OC1C[C@H](n2ccc(N)nc2=O)O[C@@H]1COP(=O)(O)OP(=O)(O)OP(=O)(O)O. The Morgan fingerprint density at radius 2 is 2.00 bits per heavy atom. The standard InChI is InChI=1S/C14H19N8O14P3/c15-10-1-2-22(14(24)20-10)11-3-8(34-13(23)12-7(4-19-21-16)17-6-18-12)9(33-11)5-32-38(28,29)36-39(30,31)35-37(25,26)27/h1-2,6,8-9,11H,3-5H2,(H,17,18)(H,28,29)(H,30,31)(H2,15,20,24)(H2,25,26,27)/t8?,9-,11-/m1/s1. The topological polar surface area (TPSA) is 334 Å². The van der Waals surface area contributed by atoms with E-state index in [1.54, 1.807) is 0 Å². The first-order valence-corrected chi connectivity index (χ1v) is 14.6. The number of rotatable bonds is 12. The van der Waals surface area contributed by atoms with Crippen molar-refractivity contribution in [3.8, 4) is 0 Å². The lowest BCUT2D eigenvalue weighted by Gasteiger charge is -2.21. The number of hydrogen-bond acceptors (Lipinski definition) is 14. The van der Waals surface area contributed by atoms with Crippen LogP contribution in [-0.2, 0) is 42.9 Å². The number of phosphoric acid groups is 3. The molecule has 22 nitrogen and oxygen atoms in total. The normalized spacial score (nSPS) is 22.4. The van der Waals surface area contributed by atoms with Gasteiger partial charge in [-0.15, -0.1) is 0 Å². The van der Waals surface area contributed by atoms with Crippen molar-refractivity contribution >= 4 is 35.3 Å². The molecule has 1 aliphatic rings. The Balaban J connectivity index is 1.79. The van der Waals surface area contributed by atoms with Crippen molar-refractivity contribution in [2.75, 3.05) is 12.3 Å². The highest BCUT2D eigenvalue weighted by Crippen LogP contribution is 2.66. The summed E-state index contributed by atoms with van der Waals surface area (Å²) in [5, 5.41) is 3.30. The lowest BCUT2D eigenvalue weighted by atomic mass is 10.2. The smallest absolute Gasteiger partial charge is 0.455 e. The summed E-state index contributed by atoms with van der Waals surface area (Å²) in [6.07, 6.45) is -1.83. The largest absolute Gasteiger partial charge is 0.490 e. The van der Waals surface area contributed by atoms with Crippen molar-refractivity contribution in [2.24, 2.45) is 5.11 Å². The summed E-state index contributed by atoms with van der Waals surface area (Å²) < 4.78 is 58.3. The molecule has 0 radical (unpaired) electrons. The lowest BCUT2D eigenvalue weighted by molar-refractivity contribution is -0.0512. The molecule has 3 heterocycles. The lowest BCUT2D eigenvalue weighted by Crippen LogP contribution is -2.31. The van der Waals surface area contributed by atoms with Crippen molar-refractivity contribution in [2.45, 2.75) is 31.4 Å². The number of aromatic nitrogens is 4. The number of carbonyl (C=O) groups is 1. The van der Waals surface area contributed by atoms with Crippen LogP contribution in [0.2, 0.25) is 0 Å². The summed E-state index contributed by atoms with van der Waals surface area (Å²) in [7, 11) is -17.0. The number of nitrogens with two attached hydrogens (primary N) is 1. The van der Waals surface area contributed by atoms with Gasteiger partial charge in [0.2, 0.25) is 0 Å². The number of hydrogen-bond donors (Lipinski definition) is 6. The number of azide groups is 1. The van der Waals surface area contributed by atoms with Gasteiger partial charge in [-0.25, -0.2) is 28.3 Å². The Morgan fingerprint density at radius 3 is 2.64 bits per heavy atom. The Hall–Kier alpha value is -2.96. The summed E-state index contributed by atoms with van der Waals surface area (Å²) in [5.41, 5.74) is 12.9. The van der Waals surface area contributed by atoms with Crippen LogP contribution < -0.4 is 11.4 Å². The molecule has 25 heteroatoms. The minimum Gasteiger partial charge on any atom is -0.455 e. The molecule has 1 saturated heterocycles. The zero-order chi connectivity index (χ0) is 29.0. The maximum absolute atomic E-state index is 12.8. The number of nitrogen functional groups attached to an aromatic ring is 1. The van der Waals surface area contributed by atoms with Gasteiger partial charge >= 0.3 is 35.1 Å². The number of anilines is 1. The third-order valence-corrected chi connectivity index (χ3v) is 8.43. The average Bonchev–Trinajstić information content (AvgIpc) is 3.40. The van der Waals surface area contributed by atoms with Gasteiger partial charge in [0.1, 0.15) is 29.9 Å². The molecule has 0 spiro atoms. The van der Waals surface area contributed by atoms with E-state index >= 15 is 0 Å². The number of nitrogens with one attached hydrogen (secondary N) is 1. The second-order valence-electron chi connectivity index (χ2n) is 7.35. The zero-order valence-electron chi connectivity index (χ0n) is 19.1. The maximum Gasteiger partial charge on any atom is 0.490 e. The molecule has 3 rings (SSSR count). The van der Waals surface area contributed by atoms with Crippen LogP contribution >= 0.6 is 23.5 Å². The number of aromatic amines is 1. The molecule has 0 aliphatic carbocycles. The van der Waals surface area contributed by atoms with Crippen molar-refractivity contribution < 1.29 is 60.7 Å². The van der Waals surface area contributed by atoms with Crippen LogP contribution in [0.25, 0.3) is 10.4 Å². The molecule has 7 N–H and O–H groups in total. The number of esters is 1. The molecular weight excluding hydrogens is 597 g/mol. The van der Waals surface area contributed by atoms with Gasteiger partial charge in [0.25, 0.3) is 0 Å².